The number of halogens is 1. The molecule has 1 heterocycles. The topological polar surface area (TPSA) is 90.2 Å². The van der Waals surface area contributed by atoms with Crippen molar-refractivity contribution in [2.75, 3.05) is 4.72 Å². The SMILES string of the molecule is Cc1cc2c(cc1S(=O)(=O)Nc1ccc(Cl)cc1)n(C)c(=O)c(=O)n2C. The van der Waals surface area contributed by atoms with Gasteiger partial charge in [-0.15, -0.1) is 0 Å². The lowest BCUT2D eigenvalue weighted by molar-refractivity contribution is 0.600. The Labute approximate surface area is 154 Å². The molecular formula is C17H16ClN3O4S. The maximum Gasteiger partial charge on any atom is 0.316 e. The highest BCUT2D eigenvalue weighted by atomic mass is 35.5. The summed E-state index contributed by atoms with van der Waals surface area (Å²) in [6.07, 6.45) is 0. The van der Waals surface area contributed by atoms with Crippen LogP contribution < -0.4 is 15.8 Å². The minimum Gasteiger partial charge on any atom is -0.305 e. The second-order valence-corrected chi connectivity index (χ2v) is 8.03. The van der Waals surface area contributed by atoms with Gasteiger partial charge in [-0.2, -0.15) is 0 Å². The van der Waals surface area contributed by atoms with Gasteiger partial charge in [0.05, 0.1) is 15.9 Å². The van der Waals surface area contributed by atoms with E-state index in [1.165, 1.54) is 24.7 Å². The molecule has 0 saturated heterocycles. The molecule has 7 nitrogen and oxygen atoms in total. The maximum absolute atomic E-state index is 12.8. The predicted molar refractivity (Wildman–Crippen MR) is 101 cm³/mol. The molecule has 26 heavy (non-hydrogen) atoms. The number of aromatic nitrogens is 2. The minimum atomic E-state index is -3.90. The van der Waals surface area contributed by atoms with E-state index in [9.17, 15) is 18.0 Å². The first-order valence-corrected chi connectivity index (χ1v) is 9.46. The van der Waals surface area contributed by atoms with Crippen LogP contribution in [0.1, 0.15) is 5.56 Å². The van der Waals surface area contributed by atoms with Crippen LogP contribution in [0.25, 0.3) is 11.0 Å². The fourth-order valence-electron chi connectivity index (χ4n) is 2.72. The normalized spacial score (nSPS) is 11.7. The van der Waals surface area contributed by atoms with Gasteiger partial charge in [0.1, 0.15) is 0 Å². The molecule has 0 unspecified atom stereocenters. The summed E-state index contributed by atoms with van der Waals surface area (Å²) in [6.45, 7) is 1.63. The Morgan fingerprint density at radius 3 is 1.96 bits per heavy atom. The monoisotopic (exact) mass is 393 g/mol. The van der Waals surface area contributed by atoms with Crippen molar-refractivity contribution in [2.24, 2.45) is 14.1 Å². The van der Waals surface area contributed by atoms with Crippen LogP contribution in [0.4, 0.5) is 5.69 Å². The Morgan fingerprint density at radius 2 is 1.42 bits per heavy atom. The van der Waals surface area contributed by atoms with Crippen LogP contribution in [0, 0.1) is 6.92 Å². The molecule has 1 N–H and O–H groups in total. The van der Waals surface area contributed by atoms with Gasteiger partial charge < -0.3 is 9.13 Å². The maximum atomic E-state index is 12.8. The van der Waals surface area contributed by atoms with Crippen molar-refractivity contribution in [2.45, 2.75) is 11.8 Å². The summed E-state index contributed by atoms with van der Waals surface area (Å²) < 4.78 is 30.5. The third-order valence-electron chi connectivity index (χ3n) is 4.17. The van der Waals surface area contributed by atoms with Crippen LogP contribution >= 0.6 is 11.6 Å². The summed E-state index contributed by atoms with van der Waals surface area (Å²) in [5.74, 6) is 0. The number of sulfonamides is 1. The van der Waals surface area contributed by atoms with Crippen molar-refractivity contribution in [1.29, 1.82) is 0 Å². The summed E-state index contributed by atoms with van der Waals surface area (Å²) in [5.41, 5.74) is 0.238. The molecule has 1 aromatic heterocycles. The third-order valence-corrected chi connectivity index (χ3v) is 5.95. The van der Waals surface area contributed by atoms with Crippen LogP contribution in [0.5, 0.6) is 0 Å². The fraction of sp³-hybridized carbons (Fsp3) is 0.176. The van der Waals surface area contributed by atoms with E-state index in [-0.39, 0.29) is 4.90 Å². The van der Waals surface area contributed by atoms with Gasteiger partial charge in [-0.3, -0.25) is 14.3 Å². The van der Waals surface area contributed by atoms with Crippen molar-refractivity contribution in [3.63, 3.8) is 0 Å². The number of hydrogen-bond acceptors (Lipinski definition) is 4. The van der Waals surface area contributed by atoms with Gasteiger partial charge in [0.15, 0.2) is 0 Å². The van der Waals surface area contributed by atoms with E-state index in [1.807, 2.05) is 0 Å². The number of nitrogens with one attached hydrogen (secondary N) is 1. The Morgan fingerprint density at radius 1 is 0.923 bits per heavy atom. The fourth-order valence-corrected chi connectivity index (χ4v) is 4.15. The number of aryl methyl sites for hydroxylation is 3. The van der Waals surface area contributed by atoms with Crippen molar-refractivity contribution in [1.82, 2.24) is 9.13 Å². The molecule has 0 atom stereocenters. The Kier molecular flexibility index (Phi) is 4.41. The van der Waals surface area contributed by atoms with Gasteiger partial charge in [0, 0.05) is 24.8 Å². The number of benzene rings is 2. The van der Waals surface area contributed by atoms with E-state index in [0.717, 1.165) is 4.57 Å². The summed E-state index contributed by atoms with van der Waals surface area (Å²) in [5, 5.41) is 0.491. The van der Waals surface area contributed by atoms with E-state index in [4.69, 9.17) is 11.6 Å². The van der Waals surface area contributed by atoms with Crippen LogP contribution in [-0.4, -0.2) is 17.6 Å². The molecule has 0 fully saturated rings. The van der Waals surface area contributed by atoms with E-state index in [0.29, 0.717) is 27.3 Å². The van der Waals surface area contributed by atoms with Crippen molar-refractivity contribution < 1.29 is 8.42 Å². The van der Waals surface area contributed by atoms with Crippen molar-refractivity contribution in [3.05, 3.63) is 67.7 Å². The molecule has 2 aromatic carbocycles. The van der Waals surface area contributed by atoms with Gasteiger partial charge in [0.2, 0.25) is 0 Å². The van der Waals surface area contributed by atoms with E-state index in [2.05, 4.69) is 4.72 Å². The number of fused-ring (bicyclic) bond motifs is 1. The Bertz CT molecular complexity index is 1240. The largest absolute Gasteiger partial charge is 0.316 e. The molecular weight excluding hydrogens is 378 g/mol. The molecule has 9 heteroatoms. The molecule has 0 amide bonds. The highest BCUT2D eigenvalue weighted by Gasteiger charge is 2.20. The highest BCUT2D eigenvalue weighted by molar-refractivity contribution is 7.92. The number of rotatable bonds is 3. The molecule has 0 radical (unpaired) electrons. The summed E-state index contributed by atoms with van der Waals surface area (Å²) in [6, 6.07) is 9.22. The quantitative estimate of drug-likeness (QED) is 0.689. The zero-order valence-electron chi connectivity index (χ0n) is 14.3. The van der Waals surface area contributed by atoms with Crippen LogP contribution in [0.3, 0.4) is 0 Å². The molecule has 0 saturated carbocycles. The first-order chi connectivity index (χ1) is 12.1. The van der Waals surface area contributed by atoms with Gasteiger partial charge >= 0.3 is 11.1 Å². The number of nitrogens with zero attached hydrogens (tertiary/aromatic N) is 2. The lowest BCUT2D eigenvalue weighted by Gasteiger charge is -2.14. The Hall–Kier alpha value is -2.58. The summed E-state index contributed by atoms with van der Waals surface area (Å²) in [4.78, 5) is 24.0. The lowest BCUT2D eigenvalue weighted by Crippen LogP contribution is -2.39. The van der Waals surface area contributed by atoms with E-state index in [1.54, 1.807) is 37.3 Å². The van der Waals surface area contributed by atoms with Gasteiger partial charge in [-0.25, -0.2) is 8.42 Å². The van der Waals surface area contributed by atoms with Crippen LogP contribution in [0.15, 0.2) is 50.9 Å². The summed E-state index contributed by atoms with van der Waals surface area (Å²) >= 11 is 5.81. The standard InChI is InChI=1S/C17H16ClN3O4S/c1-10-8-13-14(21(3)17(23)16(22)20(13)2)9-15(10)26(24,25)19-12-6-4-11(18)5-7-12/h4-9,19H,1-3H3. The van der Waals surface area contributed by atoms with Crippen LogP contribution in [-0.2, 0) is 24.1 Å². The average Bonchev–Trinajstić information content (AvgIpc) is 2.59. The van der Waals surface area contributed by atoms with Crippen molar-refractivity contribution in [3.8, 4) is 0 Å². The van der Waals surface area contributed by atoms with Gasteiger partial charge in [0.25, 0.3) is 10.0 Å². The lowest BCUT2D eigenvalue weighted by atomic mass is 10.2. The molecule has 0 bridgehead atoms. The van der Waals surface area contributed by atoms with Gasteiger partial charge in [-0.1, -0.05) is 11.6 Å². The molecule has 0 spiro atoms. The highest BCUT2D eigenvalue weighted by Crippen LogP contribution is 2.24. The van der Waals surface area contributed by atoms with Gasteiger partial charge in [-0.05, 0) is 48.9 Å². The third kappa shape index (κ3) is 3.02. The van der Waals surface area contributed by atoms with E-state index >= 15 is 0 Å². The number of hydrogen-bond donors (Lipinski definition) is 1. The average molecular weight is 394 g/mol. The first kappa shape index (κ1) is 18.2. The van der Waals surface area contributed by atoms with Crippen molar-refractivity contribution >= 4 is 38.3 Å². The van der Waals surface area contributed by atoms with Crippen LogP contribution in [0.2, 0.25) is 5.02 Å². The molecule has 136 valence electrons. The smallest absolute Gasteiger partial charge is 0.305 e. The zero-order chi connectivity index (χ0) is 19.2. The minimum absolute atomic E-state index is 0.0219. The second kappa shape index (κ2) is 6.30. The predicted octanol–water partition coefficient (Wildman–Crippen LogP) is 2.00. The zero-order valence-corrected chi connectivity index (χ0v) is 15.9. The number of anilines is 1. The molecule has 0 aliphatic carbocycles. The second-order valence-electron chi connectivity index (χ2n) is 5.95. The molecule has 3 rings (SSSR count). The van der Waals surface area contributed by atoms with E-state index < -0.39 is 21.1 Å². The molecule has 3 aromatic rings. The first-order valence-electron chi connectivity index (χ1n) is 7.60. The Balaban J connectivity index is 2.21. The molecule has 0 aliphatic heterocycles. The summed E-state index contributed by atoms with van der Waals surface area (Å²) in [7, 11) is -0.984. The molecule has 0 aliphatic rings.